The Hall–Kier alpha value is -3.67. The van der Waals surface area contributed by atoms with Crippen LogP contribution in [0.2, 0.25) is 0 Å². The lowest BCUT2D eigenvalue weighted by atomic mass is 10.1. The molecule has 1 heterocycles. The number of benzene rings is 3. The van der Waals surface area contributed by atoms with Gasteiger partial charge in [-0.2, -0.15) is 0 Å². The maximum Gasteiger partial charge on any atom is 0.262 e. The Balaban J connectivity index is 1.34. The molecule has 3 aromatic rings. The first-order valence-corrected chi connectivity index (χ1v) is 9.54. The number of rotatable bonds is 6. The second-order valence-corrected chi connectivity index (χ2v) is 6.95. The summed E-state index contributed by atoms with van der Waals surface area (Å²) in [6.45, 7) is 2.46. The second-order valence-electron chi connectivity index (χ2n) is 6.95. The van der Waals surface area contributed by atoms with Crippen molar-refractivity contribution in [1.29, 1.82) is 0 Å². The molecular weight excluding hydrogens is 366 g/mol. The summed E-state index contributed by atoms with van der Waals surface area (Å²) in [6, 6.07) is 19.8. The average Bonchev–Trinajstić information content (AvgIpc) is 3.01. The molecule has 1 aliphatic rings. The molecule has 0 bridgehead atoms. The van der Waals surface area contributed by atoms with Gasteiger partial charge in [0.05, 0.1) is 11.1 Å². The van der Waals surface area contributed by atoms with Gasteiger partial charge in [-0.05, 0) is 30.5 Å². The van der Waals surface area contributed by atoms with E-state index < -0.39 is 17.9 Å². The summed E-state index contributed by atoms with van der Waals surface area (Å²) in [5, 5.41) is 8.37. The van der Waals surface area contributed by atoms with E-state index >= 15 is 0 Å². The van der Waals surface area contributed by atoms with Gasteiger partial charge in [0.15, 0.2) is 0 Å². The summed E-state index contributed by atoms with van der Waals surface area (Å²) in [4.78, 5) is 38.5. The Labute approximate surface area is 168 Å². The number of imide groups is 1. The van der Waals surface area contributed by atoms with Crippen molar-refractivity contribution in [2.24, 2.45) is 0 Å². The van der Waals surface area contributed by atoms with Crippen LogP contribution in [0, 0.1) is 0 Å². The summed E-state index contributed by atoms with van der Waals surface area (Å²) in [6.07, 6.45) is 0. The van der Waals surface area contributed by atoms with Gasteiger partial charge in [0, 0.05) is 24.2 Å². The number of fused-ring (bicyclic) bond motifs is 2. The van der Waals surface area contributed by atoms with E-state index in [1.807, 2.05) is 42.5 Å². The van der Waals surface area contributed by atoms with E-state index in [-0.39, 0.29) is 5.91 Å². The lowest BCUT2D eigenvalue weighted by Gasteiger charge is -2.21. The van der Waals surface area contributed by atoms with Gasteiger partial charge in [-0.25, -0.2) is 0 Å². The highest BCUT2D eigenvalue weighted by Crippen LogP contribution is 2.24. The van der Waals surface area contributed by atoms with Gasteiger partial charge in [-0.15, -0.1) is 0 Å². The van der Waals surface area contributed by atoms with Crippen LogP contribution in [-0.2, 0) is 4.79 Å². The topological polar surface area (TPSA) is 78.5 Å². The van der Waals surface area contributed by atoms with Crippen LogP contribution in [0.1, 0.15) is 27.6 Å². The van der Waals surface area contributed by atoms with E-state index in [0.717, 1.165) is 21.4 Å². The molecule has 2 N–H and O–H groups in total. The number of carbonyl (C=O) groups excluding carboxylic acids is 3. The molecule has 0 saturated carbocycles. The van der Waals surface area contributed by atoms with Crippen molar-refractivity contribution in [3.05, 3.63) is 77.9 Å². The lowest BCUT2D eigenvalue weighted by molar-refractivity contribution is -0.124. The molecule has 146 valence electrons. The van der Waals surface area contributed by atoms with Crippen LogP contribution < -0.4 is 10.6 Å². The lowest BCUT2D eigenvalue weighted by Crippen LogP contribution is -2.48. The molecule has 0 aromatic heterocycles. The first-order valence-electron chi connectivity index (χ1n) is 9.54. The SMILES string of the molecule is CC(C(=O)NCCNc1cccc2ccccc12)N1C(=O)c2ccccc2C1=O. The highest BCUT2D eigenvalue weighted by atomic mass is 16.2. The molecule has 0 spiro atoms. The minimum Gasteiger partial charge on any atom is -0.383 e. The number of anilines is 1. The minimum atomic E-state index is -0.875. The minimum absolute atomic E-state index is 0.342. The molecule has 0 radical (unpaired) electrons. The zero-order valence-corrected chi connectivity index (χ0v) is 16.0. The first kappa shape index (κ1) is 18.7. The molecular formula is C23H21N3O3. The zero-order valence-electron chi connectivity index (χ0n) is 16.0. The second kappa shape index (κ2) is 7.75. The third-order valence-electron chi connectivity index (χ3n) is 5.12. The summed E-state index contributed by atoms with van der Waals surface area (Å²) in [5.41, 5.74) is 1.68. The molecule has 6 heteroatoms. The van der Waals surface area contributed by atoms with Gasteiger partial charge in [0.1, 0.15) is 6.04 Å². The molecule has 1 unspecified atom stereocenters. The third kappa shape index (κ3) is 3.45. The molecule has 29 heavy (non-hydrogen) atoms. The maximum atomic E-state index is 12.5. The van der Waals surface area contributed by atoms with E-state index in [0.29, 0.717) is 24.2 Å². The number of hydrogen-bond donors (Lipinski definition) is 2. The van der Waals surface area contributed by atoms with Crippen molar-refractivity contribution in [2.75, 3.05) is 18.4 Å². The van der Waals surface area contributed by atoms with Gasteiger partial charge < -0.3 is 10.6 Å². The van der Waals surface area contributed by atoms with Crippen LogP contribution in [0.15, 0.2) is 66.7 Å². The Bertz CT molecular complexity index is 1070. The predicted octanol–water partition coefficient (Wildman–Crippen LogP) is 3.05. The summed E-state index contributed by atoms with van der Waals surface area (Å²) < 4.78 is 0. The number of amides is 3. The number of hydrogen-bond acceptors (Lipinski definition) is 4. The summed E-state index contributed by atoms with van der Waals surface area (Å²) in [7, 11) is 0. The van der Waals surface area contributed by atoms with Crippen LogP contribution in [0.5, 0.6) is 0 Å². The van der Waals surface area contributed by atoms with Crippen LogP contribution in [0.3, 0.4) is 0 Å². The fourth-order valence-corrected chi connectivity index (χ4v) is 3.59. The van der Waals surface area contributed by atoms with Crippen LogP contribution >= 0.6 is 0 Å². The quantitative estimate of drug-likeness (QED) is 0.503. The zero-order chi connectivity index (χ0) is 20.4. The normalized spacial score (nSPS) is 14.0. The van der Waals surface area contributed by atoms with E-state index in [2.05, 4.69) is 10.6 Å². The fourth-order valence-electron chi connectivity index (χ4n) is 3.59. The Morgan fingerprint density at radius 3 is 2.21 bits per heavy atom. The molecule has 3 aromatic carbocycles. The van der Waals surface area contributed by atoms with Gasteiger partial charge in [-0.1, -0.05) is 48.5 Å². The number of nitrogens with zero attached hydrogens (tertiary/aromatic N) is 1. The molecule has 1 aliphatic heterocycles. The highest BCUT2D eigenvalue weighted by molar-refractivity contribution is 6.22. The first-order chi connectivity index (χ1) is 14.1. The smallest absolute Gasteiger partial charge is 0.262 e. The molecule has 0 aliphatic carbocycles. The average molecular weight is 387 g/mol. The van der Waals surface area contributed by atoms with Gasteiger partial charge in [-0.3, -0.25) is 19.3 Å². The van der Waals surface area contributed by atoms with Crippen molar-refractivity contribution >= 4 is 34.2 Å². The highest BCUT2D eigenvalue weighted by Gasteiger charge is 2.40. The van der Waals surface area contributed by atoms with E-state index in [9.17, 15) is 14.4 Å². The van der Waals surface area contributed by atoms with Crippen molar-refractivity contribution in [1.82, 2.24) is 10.2 Å². The standard InChI is InChI=1S/C23H21N3O3/c1-15(26-22(28)18-10-4-5-11-19(18)23(26)29)21(27)25-14-13-24-20-12-6-8-16-7-2-3-9-17(16)20/h2-12,15,24H,13-14H2,1H3,(H,25,27). The Morgan fingerprint density at radius 2 is 1.48 bits per heavy atom. The fraction of sp³-hybridized carbons (Fsp3) is 0.174. The summed E-state index contributed by atoms with van der Waals surface area (Å²) >= 11 is 0. The molecule has 3 amide bonds. The monoisotopic (exact) mass is 387 g/mol. The largest absolute Gasteiger partial charge is 0.383 e. The van der Waals surface area contributed by atoms with Crippen molar-refractivity contribution in [2.45, 2.75) is 13.0 Å². The van der Waals surface area contributed by atoms with Gasteiger partial charge >= 0.3 is 0 Å². The molecule has 0 fully saturated rings. The van der Waals surface area contributed by atoms with E-state index in [1.54, 1.807) is 31.2 Å². The van der Waals surface area contributed by atoms with Crippen molar-refractivity contribution in [3.63, 3.8) is 0 Å². The summed E-state index contributed by atoms with van der Waals surface area (Å²) in [5.74, 6) is -1.22. The molecule has 0 saturated heterocycles. The maximum absolute atomic E-state index is 12.5. The van der Waals surface area contributed by atoms with Crippen molar-refractivity contribution in [3.8, 4) is 0 Å². The third-order valence-corrected chi connectivity index (χ3v) is 5.12. The molecule has 4 rings (SSSR count). The number of carbonyl (C=O) groups is 3. The van der Waals surface area contributed by atoms with E-state index in [4.69, 9.17) is 0 Å². The van der Waals surface area contributed by atoms with Crippen LogP contribution in [0.4, 0.5) is 5.69 Å². The Kier molecular flexibility index (Phi) is 4.99. The van der Waals surface area contributed by atoms with E-state index in [1.165, 1.54) is 0 Å². The predicted molar refractivity (Wildman–Crippen MR) is 112 cm³/mol. The Morgan fingerprint density at radius 1 is 0.862 bits per heavy atom. The molecule has 1 atom stereocenters. The van der Waals surface area contributed by atoms with Crippen LogP contribution in [0.25, 0.3) is 10.8 Å². The molecule has 6 nitrogen and oxygen atoms in total. The van der Waals surface area contributed by atoms with Crippen LogP contribution in [-0.4, -0.2) is 41.8 Å². The van der Waals surface area contributed by atoms with Gasteiger partial charge in [0.25, 0.3) is 11.8 Å². The van der Waals surface area contributed by atoms with Gasteiger partial charge in [0.2, 0.25) is 5.91 Å². The van der Waals surface area contributed by atoms with Crippen molar-refractivity contribution < 1.29 is 14.4 Å². The number of nitrogens with one attached hydrogen (secondary N) is 2.